The number of aliphatic hydroxyl groups excluding tert-OH is 1. The van der Waals surface area contributed by atoms with Gasteiger partial charge in [0.15, 0.2) is 6.79 Å². The number of benzene rings is 1. The van der Waals surface area contributed by atoms with Crippen molar-refractivity contribution in [1.82, 2.24) is 0 Å². The molecule has 1 aromatic rings. The largest absolute Gasteiger partial charge is 0.468 e. The SMILES string of the molecule is OCCC#Cc1ccc(OCOCC(F)(F)F)cc1. The molecule has 0 heterocycles. The fraction of sp³-hybridized carbons (Fsp3) is 0.385. The fourth-order valence-corrected chi connectivity index (χ4v) is 1.12. The molecule has 0 radical (unpaired) electrons. The van der Waals surface area contributed by atoms with E-state index in [9.17, 15) is 13.2 Å². The van der Waals surface area contributed by atoms with Crippen LogP contribution in [-0.2, 0) is 4.74 Å². The molecular weight excluding hydrogens is 261 g/mol. The molecule has 0 aliphatic heterocycles. The lowest BCUT2D eigenvalue weighted by Crippen LogP contribution is -2.19. The van der Waals surface area contributed by atoms with Gasteiger partial charge in [0.05, 0.1) is 6.61 Å². The van der Waals surface area contributed by atoms with E-state index in [0.717, 1.165) is 5.56 Å². The third-order valence-corrected chi connectivity index (χ3v) is 1.90. The van der Waals surface area contributed by atoms with Gasteiger partial charge >= 0.3 is 6.18 Å². The van der Waals surface area contributed by atoms with Crippen LogP contribution in [0.1, 0.15) is 12.0 Å². The number of hydrogen-bond acceptors (Lipinski definition) is 3. The maximum absolute atomic E-state index is 11.8. The summed E-state index contributed by atoms with van der Waals surface area (Å²) in [6.45, 7) is -1.79. The summed E-state index contributed by atoms with van der Waals surface area (Å²) in [6, 6.07) is 6.51. The maximum atomic E-state index is 11.8. The second-order valence-electron chi connectivity index (χ2n) is 3.53. The van der Waals surface area contributed by atoms with Crippen molar-refractivity contribution in [3.05, 3.63) is 29.8 Å². The average molecular weight is 274 g/mol. The molecule has 0 unspecified atom stereocenters. The Kier molecular flexibility index (Phi) is 6.19. The van der Waals surface area contributed by atoms with E-state index in [4.69, 9.17) is 9.84 Å². The number of aliphatic hydroxyl groups is 1. The molecule has 3 nitrogen and oxygen atoms in total. The lowest BCUT2D eigenvalue weighted by Gasteiger charge is -2.09. The van der Waals surface area contributed by atoms with E-state index < -0.39 is 19.6 Å². The first kappa shape index (κ1) is 15.3. The lowest BCUT2D eigenvalue weighted by atomic mass is 10.2. The lowest BCUT2D eigenvalue weighted by molar-refractivity contribution is -0.186. The van der Waals surface area contributed by atoms with Crippen molar-refractivity contribution < 1.29 is 27.8 Å². The number of rotatable bonds is 5. The summed E-state index contributed by atoms with van der Waals surface area (Å²) < 4.78 is 44.6. The summed E-state index contributed by atoms with van der Waals surface area (Å²) in [7, 11) is 0. The predicted octanol–water partition coefficient (Wildman–Crippen LogP) is 2.34. The van der Waals surface area contributed by atoms with Crippen molar-refractivity contribution in [2.24, 2.45) is 0 Å². The Hall–Kier alpha value is -1.71. The molecule has 0 fully saturated rings. The highest BCUT2D eigenvalue weighted by atomic mass is 19.4. The van der Waals surface area contributed by atoms with E-state index in [1.54, 1.807) is 24.3 Å². The molecule has 1 aromatic carbocycles. The van der Waals surface area contributed by atoms with E-state index in [-0.39, 0.29) is 6.61 Å². The summed E-state index contributed by atoms with van der Waals surface area (Å²) in [5.41, 5.74) is 0.733. The number of ether oxygens (including phenoxy) is 2. The number of alkyl halides is 3. The van der Waals surface area contributed by atoms with Gasteiger partial charge in [-0.05, 0) is 24.3 Å². The van der Waals surface area contributed by atoms with E-state index >= 15 is 0 Å². The molecule has 0 aliphatic rings. The van der Waals surface area contributed by atoms with Gasteiger partial charge in [0.2, 0.25) is 0 Å². The Labute approximate surface area is 109 Å². The van der Waals surface area contributed by atoms with Crippen LogP contribution in [0.3, 0.4) is 0 Å². The highest BCUT2D eigenvalue weighted by Gasteiger charge is 2.27. The Bertz CT molecular complexity index is 429. The summed E-state index contributed by atoms with van der Waals surface area (Å²) in [4.78, 5) is 0. The van der Waals surface area contributed by atoms with Crippen LogP contribution in [0.4, 0.5) is 13.2 Å². The van der Waals surface area contributed by atoms with E-state index in [1.165, 1.54) is 0 Å². The molecule has 104 valence electrons. The molecule has 19 heavy (non-hydrogen) atoms. The standard InChI is InChI=1S/C13H13F3O3/c14-13(15,16)9-18-10-19-12-6-4-11(5-7-12)3-1-2-8-17/h4-7,17H,2,8-10H2. The first-order valence-corrected chi connectivity index (χ1v) is 5.48. The van der Waals surface area contributed by atoms with Gasteiger partial charge in [0, 0.05) is 12.0 Å². The normalized spacial score (nSPS) is 10.7. The third-order valence-electron chi connectivity index (χ3n) is 1.90. The van der Waals surface area contributed by atoms with Crippen LogP contribution in [-0.4, -0.2) is 31.3 Å². The average Bonchev–Trinajstić information content (AvgIpc) is 2.36. The monoisotopic (exact) mass is 274 g/mol. The molecule has 6 heteroatoms. The van der Waals surface area contributed by atoms with Gasteiger partial charge in [0.25, 0.3) is 0 Å². The summed E-state index contributed by atoms with van der Waals surface area (Å²) in [6.07, 6.45) is -3.96. The third kappa shape index (κ3) is 7.34. The van der Waals surface area contributed by atoms with Crippen LogP contribution in [0, 0.1) is 11.8 Å². The predicted molar refractivity (Wildman–Crippen MR) is 62.5 cm³/mol. The molecule has 0 saturated carbocycles. The van der Waals surface area contributed by atoms with Gasteiger partial charge in [-0.1, -0.05) is 11.8 Å². The molecule has 0 spiro atoms. The highest BCUT2D eigenvalue weighted by Crippen LogP contribution is 2.15. The molecular formula is C13H13F3O3. The van der Waals surface area contributed by atoms with Crippen molar-refractivity contribution in [3.63, 3.8) is 0 Å². The molecule has 0 atom stereocenters. The first-order chi connectivity index (χ1) is 9.01. The van der Waals surface area contributed by atoms with Gasteiger partial charge < -0.3 is 14.6 Å². The zero-order valence-electron chi connectivity index (χ0n) is 10.0. The Morgan fingerprint density at radius 1 is 1.16 bits per heavy atom. The van der Waals surface area contributed by atoms with Gasteiger partial charge in [-0.2, -0.15) is 13.2 Å². The van der Waals surface area contributed by atoms with Gasteiger partial charge in [-0.3, -0.25) is 0 Å². The van der Waals surface area contributed by atoms with Crippen LogP contribution in [0.5, 0.6) is 5.75 Å². The van der Waals surface area contributed by atoms with Crippen molar-refractivity contribution in [2.75, 3.05) is 20.0 Å². The summed E-state index contributed by atoms with van der Waals surface area (Å²) in [5.74, 6) is 5.96. The summed E-state index contributed by atoms with van der Waals surface area (Å²) >= 11 is 0. The molecule has 0 aliphatic carbocycles. The Morgan fingerprint density at radius 2 is 1.84 bits per heavy atom. The summed E-state index contributed by atoms with van der Waals surface area (Å²) in [5, 5.41) is 8.55. The minimum absolute atomic E-state index is 0.00470. The molecule has 1 rings (SSSR count). The zero-order chi connectivity index (χ0) is 14.1. The van der Waals surface area contributed by atoms with Crippen molar-refractivity contribution in [2.45, 2.75) is 12.6 Å². The van der Waals surface area contributed by atoms with Gasteiger partial charge in [-0.25, -0.2) is 0 Å². The van der Waals surface area contributed by atoms with Crippen molar-refractivity contribution in [3.8, 4) is 17.6 Å². The highest BCUT2D eigenvalue weighted by molar-refractivity contribution is 5.38. The minimum atomic E-state index is -4.35. The van der Waals surface area contributed by atoms with E-state index in [1.807, 2.05) is 0 Å². The second kappa shape index (κ2) is 7.67. The first-order valence-electron chi connectivity index (χ1n) is 5.48. The Morgan fingerprint density at radius 3 is 2.42 bits per heavy atom. The Balaban J connectivity index is 2.35. The van der Waals surface area contributed by atoms with Crippen molar-refractivity contribution >= 4 is 0 Å². The van der Waals surface area contributed by atoms with Gasteiger partial charge in [0.1, 0.15) is 12.4 Å². The second-order valence-corrected chi connectivity index (χ2v) is 3.53. The quantitative estimate of drug-likeness (QED) is 0.509. The maximum Gasteiger partial charge on any atom is 0.411 e. The zero-order valence-corrected chi connectivity index (χ0v) is 10.0. The van der Waals surface area contributed by atoms with E-state index in [0.29, 0.717) is 12.2 Å². The van der Waals surface area contributed by atoms with Crippen LogP contribution in [0.2, 0.25) is 0 Å². The molecule has 0 bridgehead atoms. The molecule has 0 saturated heterocycles. The van der Waals surface area contributed by atoms with Gasteiger partial charge in [-0.15, -0.1) is 0 Å². The van der Waals surface area contributed by atoms with Crippen LogP contribution in [0.15, 0.2) is 24.3 Å². The van der Waals surface area contributed by atoms with Crippen LogP contribution < -0.4 is 4.74 Å². The molecule has 1 N–H and O–H groups in total. The van der Waals surface area contributed by atoms with Crippen molar-refractivity contribution in [1.29, 1.82) is 0 Å². The topological polar surface area (TPSA) is 38.7 Å². The smallest absolute Gasteiger partial charge is 0.411 e. The van der Waals surface area contributed by atoms with E-state index in [2.05, 4.69) is 16.6 Å². The number of halogens is 3. The molecule has 0 amide bonds. The van der Waals surface area contributed by atoms with Crippen LogP contribution in [0.25, 0.3) is 0 Å². The van der Waals surface area contributed by atoms with Crippen LogP contribution >= 0.6 is 0 Å². The fourth-order valence-electron chi connectivity index (χ4n) is 1.12. The minimum Gasteiger partial charge on any atom is -0.468 e. The molecule has 0 aromatic heterocycles. The number of hydrogen-bond donors (Lipinski definition) is 1.